The van der Waals surface area contributed by atoms with Crippen LogP contribution in [0.5, 0.6) is 5.75 Å². The average Bonchev–Trinajstić information content (AvgIpc) is 2.54. The highest BCUT2D eigenvalue weighted by molar-refractivity contribution is 5.87. The lowest BCUT2D eigenvalue weighted by atomic mass is 9.56. The summed E-state index contributed by atoms with van der Waals surface area (Å²) < 4.78 is 0. The molecule has 0 amide bonds. The molecule has 3 heteroatoms. The van der Waals surface area contributed by atoms with Crippen LogP contribution in [-0.2, 0) is 0 Å². The zero-order valence-electron chi connectivity index (χ0n) is 16.5. The van der Waals surface area contributed by atoms with Gasteiger partial charge in [-0.3, -0.25) is 0 Å². The molecule has 1 aliphatic rings. The van der Waals surface area contributed by atoms with Crippen molar-refractivity contribution in [1.29, 1.82) is 0 Å². The first-order valence-corrected chi connectivity index (χ1v) is 9.40. The number of phenolic OH excluding ortho intramolecular Hbond substituents is 1. The topological polar surface area (TPSA) is 57.5 Å². The molecular weight excluding hydrogens is 336 g/mol. The molecule has 1 fully saturated rings. The first-order chi connectivity index (χ1) is 12.6. The van der Waals surface area contributed by atoms with E-state index in [1.807, 2.05) is 24.3 Å². The minimum Gasteiger partial charge on any atom is -0.508 e. The van der Waals surface area contributed by atoms with Crippen molar-refractivity contribution in [3.05, 3.63) is 70.8 Å². The van der Waals surface area contributed by atoms with Gasteiger partial charge in [0, 0.05) is 5.92 Å². The minimum atomic E-state index is -0.906. The molecule has 2 N–H and O–H groups in total. The Labute approximate surface area is 161 Å². The van der Waals surface area contributed by atoms with Crippen LogP contribution in [0.3, 0.4) is 0 Å². The van der Waals surface area contributed by atoms with E-state index >= 15 is 0 Å². The maximum Gasteiger partial charge on any atom is 0.335 e. The fourth-order valence-electron chi connectivity index (χ4n) is 4.96. The van der Waals surface area contributed by atoms with Crippen molar-refractivity contribution >= 4 is 12.0 Å². The Morgan fingerprint density at radius 3 is 2.15 bits per heavy atom. The van der Waals surface area contributed by atoms with Gasteiger partial charge in [0.05, 0.1) is 5.56 Å². The third kappa shape index (κ3) is 4.24. The van der Waals surface area contributed by atoms with Crippen LogP contribution in [0.2, 0.25) is 0 Å². The minimum absolute atomic E-state index is 0.0750. The van der Waals surface area contributed by atoms with Crippen LogP contribution in [-0.4, -0.2) is 16.2 Å². The van der Waals surface area contributed by atoms with E-state index in [1.165, 1.54) is 11.1 Å². The van der Waals surface area contributed by atoms with E-state index in [0.717, 1.165) is 18.4 Å². The van der Waals surface area contributed by atoms with E-state index < -0.39 is 5.97 Å². The SMILES string of the molecule is CC1(C)CC(=Cc2ccc(C(=O)O)cc2)C(c2ccc(O)cc2)C(C)(C)C1. The number of rotatable bonds is 3. The summed E-state index contributed by atoms with van der Waals surface area (Å²) in [5.74, 6) is -0.371. The highest BCUT2D eigenvalue weighted by Gasteiger charge is 2.43. The number of hydrogen-bond acceptors (Lipinski definition) is 2. The molecule has 0 heterocycles. The Morgan fingerprint density at radius 1 is 1.00 bits per heavy atom. The molecule has 1 aliphatic carbocycles. The number of allylic oxidation sites excluding steroid dienone is 1. The molecular formula is C24H28O3. The molecule has 3 nitrogen and oxygen atoms in total. The first-order valence-electron chi connectivity index (χ1n) is 9.40. The Morgan fingerprint density at radius 2 is 1.59 bits per heavy atom. The lowest BCUT2D eigenvalue weighted by molar-refractivity contribution is 0.0697. The molecule has 0 saturated heterocycles. The Bertz CT molecular complexity index is 856. The summed E-state index contributed by atoms with van der Waals surface area (Å²) in [6.45, 7) is 9.24. The molecule has 3 rings (SSSR count). The second-order valence-corrected chi connectivity index (χ2v) is 9.18. The molecule has 0 radical (unpaired) electrons. The molecule has 142 valence electrons. The molecule has 1 unspecified atom stereocenters. The van der Waals surface area contributed by atoms with Crippen LogP contribution in [0.4, 0.5) is 0 Å². The number of phenols is 1. The Balaban J connectivity index is 2.06. The number of benzene rings is 2. The van der Waals surface area contributed by atoms with Crippen LogP contribution in [0, 0.1) is 10.8 Å². The zero-order chi connectivity index (χ0) is 19.8. The lowest BCUT2D eigenvalue weighted by Gasteiger charge is -2.48. The lowest BCUT2D eigenvalue weighted by Crippen LogP contribution is -2.36. The summed E-state index contributed by atoms with van der Waals surface area (Å²) >= 11 is 0. The number of carboxylic acid groups (broad SMARTS) is 1. The van der Waals surface area contributed by atoms with E-state index in [-0.39, 0.29) is 22.5 Å². The molecule has 0 aliphatic heterocycles. The van der Waals surface area contributed by atoms with Crippen LogP contribution >= 0.6 is 0 Å². The van der Waals surface area contributed by atoms with E-state index in [9.17, 15) is 9.90 Å². The largest absolute Gasteiger partial charge is 0.508 e. The van der Waals surface area contributed by atoms with Gasteiger partial charge >= 0.3 is 5.97 Å². The van der Waals surface area contributed by atoms with Crippen molar-refractivity contribution in [3.63, 3.8) is 0 Å². The van der Waals surface area contributed by atoms with Gasteiger partial charge in [0.2, 0.25) is 0 Å². The molecule has 1 atom stereocenters. The summed E-state index contributed by atoms with van der Waals surface area (Å²) in [7, 11) is 0. The summed E-state index contributed by atoms with van der Waals surface area (Å²) in [6, 6.07) is 14.6. The molecule has 0 spiro atoms. The summed E-state index contributed by atoms with van der Waals surface area (Å²) in [6.07, 6.45) is 4.31. The zero-order valence-corrected chi connectivity index (χ0v) is 16.5. The van der Waals surface area contributed by atoms with Crippen LogP contribution in [0.25, 0.3) is 6.08 Å². The monoisotopic (exact) mass is 364 g/mol. The first kappa shape index (κ1) is 19.2. The number of hydrogen-bond donors (Lipinski definition) is 2. The van der Waals surface area contributed by atoms with E-state index in [2.05, 4.69) is 33.8 Å². The summed E-state index contributed by atoms with van der Waals surface area (Å²) in [5.41, 5.74) is 4.16. The van der Waals surface area contributed by atoms with Crippen LogP contribution in [0.1, 0.15) is 67.9 Å². The molecule has 2 aromatic carbocycles. The van der Waals surface area contributed by atoms with Crippen LogP contribution in [0.15, 0.2) is 54.1 Å². The van der Waals surface area contributed by atoms with Crippen molar-refractivity contribution in [2.75, 3.05) is 0 Å². The van der Waals surface area contributed by atoms with Gasteiger partial charge < -0.3 is 10.2 Å². The maximum absolute atomic E-state index is 11.1. The molecule has 2 aromatic rings. The summed E-state index contributed by atoms with van der Waals surface area (Å²) in [5, 5.41) is 18.8. The summed E-state index contributed by atoms with van der Waals surface area (Å²) in [4.78, 5) is 11.1. The molecule has 1 saturated carbocycles. The van der Waals surface area contributed by atoms with Crippen molar-refractivity contribution in [3.8, 4) is 5.75 Å². The second kappa shape index (κ2) is 6.88. The predicted molar refractivity (Wildman–Crippen MR) is 109 cm³/mol. The van der Waals surface area contributed by atoms with Gasteiger partial charge in [-0.1, -0.05) is 63.6 Å². The maximum atomic E-state index is 11.1. The molecule has 27 heavy (non-hydrogen) atoms. The van der Waals surface area contributed by atoms with Crippen molar-refractivity contribution in [2.24, 2.45) is 10.8 Å². The van der Waals surface area contributed by atoms with Gasteiger partial charge in [-0.05, 0) is 59.1 Å². The smallest absolute Gasteiger partial charge is 0.335 e. The van der Waals surface area contributed by atoms with Crippen molar-refractivity contribution in [1.82, 2.24) is 0 Å². The van der Waals surface area contributed by atoms with Gasteiger partial charge in [0.1, 0.15) is 5.75 Å². The van der Waals surface area contributed by atoms with Gasteiger partial charge in [-0.25, -0.2) is 4.79 Å². The number of carboxylic acids is 1. The number of aromatic carboxylic acids is 1. The third-order valence-electron chi connectivity index (χ3n) is 5.51. The van der Waals surface area contributed by atoms with Gasteiger partial charge in [-0.2, -0.15) is 0 Å². The normalized spacial score (nSPS) is 22.5. The van der Waals surface area contributed by atoms with Gasteiger partial charge in [0.15, 0.2) is 0 Å². The molecule has 0 bridgehead atoms. The van der Waals surface area contributed by atoms with Gasteiger partial charge in [0.25, 0.3) is 0 Å². The standard InChI is InChI=1S/C24H28O3/c1-23(2)14-19(13-16-5-7-18(8-6-16)22(26)27)21(24(3,4)15-23)17-9-11-20(25)12-10-17/h5-13,21,25H,14-15H2,1-4H3,(H,26,27). The highest BCUT2D eigenvalue weighted by atomic mass is 16.4. The second-order valence-electron chi connectivity index (χ2n) is 9.18. The Hall–Kier alpha value is -2.55. The number of carbonyl (C=O) groups is 1. The average molecular weight is 364 g/mol. The third-order valence-corrected chi connectivity index (χ3v) is 5.51. The van der Waals surface area contributed by atoms with Crippen LogP contribution < -0.4 is 0 Å². The Kier molecular flexibility index (Phi) is 4.90. The van der Waals surface area contributed by atoms with Gasteiger partial charge in [-0.15, -0.1) is 0 Å². The number of aromatic hydroxyl groups is 1. The van der Waals surface area contributed by atoms with E-state index in [4.69, 9.17) is 5.11 Å². The van der Waals surface area contributed by atoms with E-state index in [1.54, 1.807) is 24.3 Å². The fraction of sp³-hybridized carbons (Fsp3) is 0.375. The molecule has 0 aromatic heterocycles. The predicted octanol–water partition coefficient (Wildman–Crippen LogP) is 6.10. The van der Waals surface area contributed by atoms with Crippen molar-refractivity contribution < 1.29 is 15.0 Å². The van der Waals surface area contributed by atoms with E-state index in [0.29, 0.717) is 5.56 Å². The van der Waals surface area contributed by atoms with Crippen molar-refractivity contribution in [2.45, 2.75) is 46.5 Å². The quantitative estimate of drug-likeness (QED) is 0.691. The fourth-order valence-corrected chi connectivity index (χ4v) is 4.96. The highest BCUT2D eigenvalue weighted by Crippen LogP contribution is 2.56.